The van der Waals surface area contributed by atoms with Gasteiger partial charge in [0.2, 0.25) is 0 Å². The first-order valence-corrected chi connectivity index (χ1v) is 7.50. The van der Waals surface area contributed by atoms with Crippen LogP contribution in [0.2, 0.25) is 0 Å². The molecular formula is C17H19NO4. The second-order valence-corrected chi connectivity index (χ2v) is 5.56. The summed E-state index contributed by atoms with van der Waals surface area (Å²) in [5, 5.41) is 0.776. The first-order chi connectivity index (χ1) is 10.6. The van der Waals surface area contributed by atoms with Gasteiger partial charge in [0.25, 0.3) is 0 Å². The second-order valence-electron chi connectivity index (χ2n) is 5.56. The maximum atomic E-state index is 12.2. The van der Waals surface area contributed by atoms with E-state index < -0.39 is 0 Å². The van der Waals surface area contributed by atoms with Gasteiger partial charge in [-0.2, -0.15) is 0 Å². The first kappa shape index (κ1) is 14.6. The fraction of sp³-hybridized carbons (Fsp3) is 0.412. The normalized spacial score (nSPS) is 14.1. The Labute approximate surface area is 128 Å². The van der Waals surface area contributed by atoms with Crippen molar-refractivity contribution in [2.45, 2.75) is 39.2 Å². The van der Waals surface area contributed by atoms with E-state index >= 15 is 0 Å². The van der Waals surface area contributed by atoms with Crippen molar-refractivity contribution in [2.75, 3.05) is 7.11 Å². The van der Waals surface area contributed by atoms with E-state index in [0.717, 1.165) is 29.4 Å². The van der Waals surface area contributed by atoms with Gasteiger partial charge >= 0.3 is 11.9 Å². The molecule has 0 saturated heterocycles. The lowest BCUT2D eigenvalue weighted by Crippen LogP contribution is -2.05. The van der Waals surface area contributed by atoms with Gasteiger partial charge < -0.3 is 14.0 Å². The molecule has 1 aliphatic rings. The molecule has 2 aromatic rings. The zero-order valence-electron chi connectivity index (χ0n) is 13.0. The first-order valence-electron chi connectivity index (χ1n) is 7.50. The van der Waals surface area contributed by atoms with Crippen molar-refractivity contribution in [2.24, 2.45) is 0 Å². The molecule has 5 nitrogen and oxygen atoms in total. The summed E-state index contributed by atoms with van der Waals surface area (Å²) >= 11 is 0. The smallest absolute Gasteiger partial charge is 0.340 e. The van der Waals surface area contributed by atoms with Crippen molar-refractivity contribution in [3.05, 3.63) is 29.5 Å². The molecule has 3 rings (SSSR count). The molecule has 0 radical (unpaired) electrons. The maximum Gasteiger partial charge on any atom is 0.340 e. The van der Waals surface area contributed by atoms with Crippen molar-refractivity contribution < 1.29 is 19.1 Å². The molecule has 22 heavy (non-hydrogen) atoms. The summed E-state index contributed by atoms with van der Waals surface area (Å²) in [6, 6.07) is 5.88. The Bertz CT molecular complexity index is 756. The molecule has 0 aliphatic heterocycles. The Morgan fingerprint density at radius 1 is 1.32 bits per heavy atom. The molecule has 1 saturated carbocycles. The van der Waals surface area contributed by atoms with Crippen LogP contribution >= 0.6 is 0 Å². The van der Waals surface area contributed by atoms with Crippen molar-refractivity contribution in [3.8, 4) is 5.75 Å². The van der Waals surface area contributed by atoms with E-state index in [9.17, 15) is 9.59 Å². The number of methoxy groups -OCH3 is 1. The van der Waals surface area contributed by atoms with Gasteiger partial charge in [0.15, 0.2) is 0 Å². The maximum absolute atomic E-state index is 12.2. The van der Waals surface area contributed by atoms with Gasteiger partial charge in [-0.15, -0.1) is 0 Å². The number of fused-ring (bicyclic) bond motifs is 1. The van der Waals surface area contributed by atoms with E-state index in [0.29, 0.717) is 23.8 Å². The van der Waals surface area contributed by atoms with Crippen molar-refractivity contribution in [1.82, 2.24) is 4.57 Å². The van der Waals surface area contributed by atoms with E-state index in [4.69, 9.17) is 9.47 Å². The number of carbonyl (C=O) groups excluding carboxylic acids is 2. The number of hydrogen-bond acceptors (Lipinski definition) is 4. The van der Waals surface area contributed by atoms with E-state index in [1.165, 1.54) is 7.11 Å². The van der Waals surface area contributed by atoms with Crippen LogP contribution in [0.4, 0.5) is 0 Å². The molecule has 1 heterocycles. The monoisotopic (exact) mass is 301 g/mol. The Balaban J connectivity index is 2.16. The molecule has 0 spiro atoms. The molecule has 0 unspecified atom stereocenters. The number of carbonyl (C=O) groups is 2. The molecule has 1 aromatic carbocycles. The van der Waals surface area contributed by atoms with Crippen LogP contribution < -0.4 is 4.74 Å². The van der Waals surface area contributed by atoms with Gasteiger partial charge in [0.1, 0.15) is 5.75 Å². The third-order valence-corrected chi connectivity index (χ3v) is 4.04. The Hall–Kier alpha value is -2.30. The van der Waals surface area contributed by atoms with E-state index in [2.05, 4.69) is 4.57 Å². The van der Waals surface area contributed by atoms with E-state index in [1.807, 2.05) is 13.0 Å². The topological polar surface area (TPSA) is 57.5 Å². The summed E-state index contributed by atoms with van der Waals surface area (Å²) in [4.78, 5) is 23.6. The van der Waals surface area contributed by atoms with Crippen LogP contribution in [0.3, 0.4) is 0 Å². The minimum atomic E-state index is -0.360. The van der Waals surface area contributed by atoms with Crippen LogP contribution in [-0.4, -0.2) is 23.6 Å². The summed E-state index contributed by atoms with van der Waals surface area (Å²) in [5.41, 5.74) is 2.44. The highest BCUT2D eigenvalue weighted by Gasteiger charge is 2.30. The van der Waals surface area contributed by atoms with E-state index in [1.54, 1.807) is 19.1 Å². The van der Waals surface area contributed by atoms with Crippen LogP contribution in [-0.2, 0) is 9.53 Å². The van der Waals surface area contributed by atoms with E-state index in [-0.39, 0.29) is 11.9 Å². The summed E-state index contributed by atoms with van der Waals surface area (Å²) in [7, 11) is 1.38. The quantitative estimate of drug-likeness (QED) is 0.641. The number of esters is 2. The van der Waals surface area contributed by atoms with Crippen molar-refractivity contribution in [1.29, 1.82) is 0 Å². The zero-order chi connectivity index (χ0) is 15.9. The number of rotatable bonds is 4. The third-order valence-electron chi connectivity index (χ3n) is 4.04. The van der Waals surface area contributed by atoms with Gasteiger partial charge in [-0.1, -0.05) is 6.92 Å². The number of aromatic nitrogens is 1. The highest BCUT2D eigenvalue weighted by molar-refractivity contribution is 6.06. The molecule has 116 valence electrons. The molecular weight excluding hydrogens is 282 g/mol. The van der Waals surface area contributed by atoms with Gasteiger partial charge in [0, 0.05) is 29.1 Å². The second kappa shape index (κ2) is 5.48. The van der Waals surface area contributed by atoms with Gasteiger partial charge in [-0.25, -0.2) is 4.79 Å². The lowest BCUT2D eigenvalue weighted by Gasteiger charge is -2.06. The Morgan fingerprint density at radius 3 is 2.64 bits per heavy atom. The summed E-state index contributed by atoms with van der Waals surface area (Å²) in [6.45, 7) is 3.68. The Kier molecular flexibility index (Phi) is 3.64. The number of nitrogens with zero attached hydrogens (tertiary/aromatic N) is 1. The van der Waals surface area contributed by atoms with Gasteiger partial charge in [-0.3, -0.25) is 4.79 Å². The van der Waals surface area contributed by atoms with Gasteiger partial charge in [0.05, 0.1) is 12.7 Å². The van der Waals surface area contributed by atoms with Crippen LogP contribution in [0, 0.1) is 6.92 Å². The lowest BCUT2D eigenvalue weighted by atomic mass is 10.1. The predicted octanol–water partition coefficient (Wildman–Crippen LogP) is 3.39. The largest absolute Gasteiger partial charge is 0.465 e. The molecule has 0 N–H and O–H groups in total. The molecule has 1 fully saturated rings. The highest BCUT2D eigenvalue weighted by Crippen LogP contribution is 2.42. The highest BCUT2D eigenvalue weighted by atomic mass is 16.5. The number of ether oxygens (including phenoxy) is 2. The standard InChI is InChI=1S/C17H19NO4/c1-4-15(19)22-12-7-8-14-13(9-12)16(17(20)21-3)10(2)18(14)11-5-6-11/h7-9,11H,4-6H2,1-3H3. The Morgan fingerprint density at radius 2 is 2.05 bits per heavy atom. The number of benzene rings is 1. The summed E-state index contributed by atoms with van der Waals surface area (Å²) in [5.74, 6) is -0.198. The fourth-order valence-corrected chi connectivity index (χ4v) is 2.85. The number of hydrogen-bond donors (Lipinski definition) is 0. The van der Waals surface area contributed by atoms with Crippen LogP contribution in [0.15, 0.2) is 18.2 Å². The van der Waals surface area contributed by atoms with Crippen molar-refractivity contribution >= 4 is 22.8 Å². The average molecular weight is 301 g/mol. The molecule has 0 bridgehead atoms. The zero-order valence-corrected chi connectivity index (χ0v) is 13.0. The van der Waals surface area contributed by atoms with Crippen LogP contribution in [0.25, 0.3) is 10.9 Å². The molecule has 1 aromatic heterocycles. The third kappa shape index (κ3) is 2.36. The molecule has 0 atom stereocenters. The predicted molar refractivity (Wildman–Crippen MR) is 82.2 cm³/mol. The fourth-order valence-electron chi connectivity index (χ4n) is 2.85. The lowest BCUT2D eigenvalue weighted by molar-refractivity contribution is -0.134. The minimum Gasteiger partial charge on any atom is -0.465 e. The SMILES string of the molecule is CCC(=O)Oc1ccc2c(c1)c(C(=O)OC)c(C)n2C1CC1. The van der Waals surface area contributed by atoms with Crippen molar-refractivity contribution in [3.63, 3.8) is 0 Å². The molecule has 0 amide bonds. The minimum absolute atomic E-state index is 0.294. The average Bonchev–Trinajstić information content (AvgIpc) is 3.30. The van der Waals surface area contributed by atoms with Gasteiger partial charge in [-0.05, 0) is 38.0 Å². The molecule has 5 heteroatoms. The summed E-state index contributed by atoms with van der Waals surface area (Å²) in [6.07, 6.45) is 2.56. The van der Waals surface area contributed by atoms with Crippen LogP contribution in [0.1, 0.15) is 48.3 Å². The van der Waals surface area contributed by atoms with Crippen LogP contribution in [0.5, 0.6) is 5.75 Å². The summed E-state index contributed by atoms with van der Waals surface area (Å²) < 4.78 is 12.4. The molecule has 1 aliphatic carbocycles.